The number of Topliss-reactive ketones (excluding diaryl/α,β-unsaturated/α-hetero) is 1. The maximum Gasteiger partial charge on any atom is 0.172 e. The van der Waals surface area contributed by atoms with Gasteiger partial charge in [0, 0.05) is 5.56 Å². The number of hydrogen-bond donors (Lipinski definition) is 0. The van der Waals surface area contributed by atoms with Crippen LogP contribution < -0.4 is 0 Å². The summed E-state index contributed by atoms with van der Waals surface area (Å²) < 4.78 is 0. The van der Waals surface area contributed by atoms with Crippen molar-refractivity contribution in [1.82, 2.24) is 0 Å². The van der Waals surface area contributed by atoms with Gasteiger partial charge in [0.15, 0.2) is 5.78 Å². The van der Waals surface area contributed by atoms with Gasteiger partial charge >= 0.3 is 0 Å². The molecule has 0 fully saturated rings. The summed E-state index contributed by atoms with van der Waals surface area (Å²) in [5, 5.41) is 0. The van der Waals surface area contributed by atoms with Gasteiger partial charge in [-0.3, -0.25) is 4.79 Å². The van der Waals surface area contributed by atoms with Gasteiger partial charge in [-0.15, -0.1) is 0 Å². The largest absolute Gasteiger partial charge is 0.293 e. The Bertz CT molecular complexity index is 2750. The van der Waals surface area contributed by atoms with E-state index >= 15 is 4.79 Å². The second-order valence-corrected chi connectivity index (χ2v) is 15.7. The smallest absolute Gasteiger partial charge is 0.172 e. The van der Waals surface area contributed by atoms with Gasteiger partial charge in [0.25, 0.3) is 0 Å². The van der Waals surface area contributed by atoms with E-state index in [0.29, 0.717) is 6.42 Å². The SMILES string of the molecule is C[C@@]1(C(=O)c2ccc3c(c2)C2(c4ccccc4-c4ccccc42)c2ccccc2-3)C=C2C(=CC1)c1ccccc1C21c2ccccc2-c2ccccc21. The van der Waals surface area contributed by atoms with E-state index in [1.165, 1.54) is 89.0 Å². The molecule has 0 saturated carbocycles. The van der Waals surface area contributed by atoms with E-state index in [9.17, 15) is 0 Å². The number of fused-ring (bicyclic) bond motifs is 20. The Kier molecular flexibility index (Phi) is 5.51. The van der Waals surface area contributed by atoms with Gasteiger partial charge in [0.2, 0.25) is 0 Å². The normalized spacial score (nSPS) is 19.3. The van der Waals surface area contributed by atoms with Crippen molar-refractivity contribution in [2.75, 3.05) is 0 Å². The maximum absolute atomic E-state index is 15.4. The zero-order valence-electron chi connectivity index (χ0n) is 29.4. The molecule has 1 nitrogen and oxygen atoms in total. The topological polar surface area (TPSA) is 17.1 Å². The summed E-state index contributed by atoms with van der Waals surface area (Å²) in [5.74, 6) is 0.166. The van der Waals surface area contributed by atoms with Crippen molar-refractivity contribution in [2.24, 2.45) is 5.41 Å². The van der Waals surface area contributed by atoms with E-state index in [4.69, 9.17) is 0 Å². The lowest BCUT2D eigenvalue weighted by Crippen LogP contribution is -2.33. The molecule has 1 heteroatoms. The fourth-order valence-corrected chi connectivity index (χ4v) is 11.2. The number of allylic oxidation sites excluding steroid dienone is 4. The van der Waals surface area contributed by atoms with E-state index < -0.39 is 16.2 Å². The molecule has 0 bridgehead atoms. The molecule has 5 aliphatic rings. The van der Waals surface area contributed by atoms with Crippen LogP contribution in [0, 0.1) is 5.41 Å². The van der Waals surface area contributed by atoms with Crippen LogP contribution in [0.5, 0.6) is 0 Å². The summed E-state index contributed by atoms with van der Waals surface area (Å²) in [7, 11) is 0. The molecule has 0 aromatic heterocycles. The number of ketones is 1. The Balaban J connectivity index is 1.07. The summed E-state index contributed by atoms with van der Waals surface area (Å²) in [5.41, 5.74) is 19.4. The number of hydrogen-bond acceptors (Lipinski definition) is 1. The van der Waals surface area contributed by atoms with Gasteiger partial charge in [0.1, 0.15) is 0 Å². The van der Waals surface area contributed by atoms with Crippen LogP contribution >= 0.6 is 0 Å². The average molecular weight is 675 g/mol. The molecule has 0 aliphatic heterocycles. The molecule has 0 heterocycles. The van der Waals surface area contributed by atoms with E-state index in [-0.39, 0.29) is 5.78 Å². The lowest BCUT2D eigenvalue weighted by molar-refractivity contribution is 0.0869. The first-order valence-electron chi connectivity index (χ1n) is 18.8. The minimum absolute atomic E-state index is 0.166. The number of carbonyl (C=O) groups is 1. The Labute approximate surface area is 309 Å². The molecule has 0 amide bonds. The summed E-state index contributed by atoms with van der Waals surface area (Å²) in [6.07, 6.45) is 5.37. The molecule has 53 heavy (non-hydrogen) atoms. The van der Waals surface area contributed by atoms with E-state index in [1.54, 1.807) is 0 Å². The van der Waals surface area contributed by atoms with Crippen molar-refractivity contribution in [3.63, 3.8) is 0 Å². The lowest BCUT2D eigenvalue weighted by atomic mass is 9.65. The summed E-state index contributed by atoms with van der Waals surface area (Å²) in [4.78, 5) is 15.4. The highest BCUT2D eigenvalue weighted by molar-refractivity contribution is 6.07. The van der Waals surface area contributed by atoms with Crippen LogP contribution in [0.25, 0.3) is 39.0 Å². The molecule has 2 spiro atoms. The van der Waals surface area contributed by atoms with Gasteiger partial charge in [-0.2, -0.15) is 0 Å². The number of benzene rings is 7. The van der Waals surface area contributed by atoms with Crippen molar-refractivity contribution in [3.05, 3.63) is 232 Å². The summed E-state index contributed by atoms with van der Waals surface area (Å²) in [6, 6.07) is 59.8. The summed E-state index contributed by atoms with van der Waals surface area (Å²) >= 11 is 0. The van der Waals surface area contributed by atoms with Gasteiger partial charge in [-0.25, -0.2) is 0 Å². The molecular weight excluding hydrogens is 641 g/mol. The third-order valence-electron chi connectivity index (χ3n) is 13.2. The minimum atomic E-state index is -0.737. The third-order valence-corrected chi connectivity index (χ3v) is 13.2. The van der Waals surface area contributed by atoms with Crippen molar-refractivity contribution in [2.45, 2.75) is 24.2 Å². The van der Waals surface area contributed by atoms with Crippen LogP contribution in [0.2, 0.25) is 0 Å². The molecule has 1 atom stereocenters. The summed E-state index contributed by atoms with van der Waals surface area (Å²) in [6.45, 7) is 2.16. The molecule has 12 rings (SSSR count). The first-order chi connectivity index (χ1) is 26.1. The predicted molar refractivity (Wildman–Crippen MR) is 214 cm³/mol. The van der Waals surface area contributed by atoms with Crippen molar-refractivity contribution >= 4 is 11.4 Å². The second-order valence-electron chi connectivity index (χ2n) is 15.7. The van der Waals surface area contributed by atoms with Crippen LogP contribution in [0.3, 0.4) is 0 Å². The minimum Gasteiger partial charge on any atom is -0.293 e. The van der Waals surface area contributed by atoms with Crippen LogP contribution in [-0.4, -0.2) is 5.78 Å². The molecule has 0 saturated heterocycles. The van der Waals surface area contributed by atoms with E-state index in [2.05, 4.69) is 183 Å². The Morgan fingerprint density at radius 1 is 0.434 bits per heavy atom. The van der Waals surface area contributed by atoms with Crippen LogP contribution in [0.15, 0.2) is 182 Å². The molecule has 0 N–H and O–H groups in total. The zero-order valence-corrected chi connectivity index (χ0v) is 29.4. The third kappa shape index (κ3) is 3.34. The fourth-order valence-electron chi connectivity index (χ4n) is 11.2. The zero-order chi connectivity index (χ0) is 35.1. The molecule has 5 aliphatic carbocycles. The van der Waals surface area contributed by atoms with Crippen molar-refractivity contribution in [3.8, 4) is 33.4 Å². The first kappa shape index (κ1) is 29.3. The first-order valence-corrected chi connectivity index (χ1v) is 18.8. The second kappa shape index (κ2) is 9.97. The highest BCUT2D eigenvalue weighted by Crippen LogP contribution is 2.66. The Morgan fingerprint density at radius 3 is 1.28 bits per heavy atom. The Hall–Kier alpha value is -6.31. The number of rotatable bonds is 2. The van der Waals surface area contributed by atoms with Crippen LogP contribution in [0.1, 0.15) is 68.2 Å². The van der Waals surface area contributed by atoms with Crippen LogP contribution in [0.4, 0.5) is 0 Å². The van der Waals surface area contributed by atoms with Gasteiger partial charge < -0.3 is 0 Å². The monoisotopic (exact) mass is 674 g/mol. The van der Waals surface area contributed by atoms with Gasteiger partial charge in [-0.05, 0) is 108 Å². The molecule has 248 valence electrons. The fraction of sp³-hybridized carbons (Fsp3) is 0.0962. The highest BCUT2D eigenvalue weighted by Gasteiger charge is 2.56. The van der Waals surface area contributed by atoms with Gasteiger partial charge in [0.05, 0.1) is 16.2 Å². The average Bonchev–Trinajstić information content (AvgIpc) is 3.89. The maximum atomic E-state index is 15.4. The molecular formula is C52H34O. The number of carbonyl (C=O) groups excluding carboxylic acids is 1. The quantitative estimate of drug-likeness (QED) is 0.167. The van der Waals surface area contributed by atoms with Crippen LogP contribution in [-0.2, 0) is 10.8 Å². The standard InChI is InChI=1S/C52H34O/c1-50(29-28-40-38-19-7-13-25-46(38)52(48(40)31-50)44-23-11-4-16-35(44)36-17-5-12-24-45(36)52)49(53)32-26-27-39-37-18-6-10-22-43(37)51(47(39)30-32)41-20-8-2-14-33(41)34-15-3-9-21-42(34)51/h2-28,30-31H,29H2,1H3/t50-/m0/s1. The van der Waals surface area contributed by atoms with E-state index in [0.717, 1.165) is 5.56 Å². The van der Waals surface area contributed by atoms with Crippen molar-refractivity contribution < 1.29 is 4.79 Å². The molecule has 7 aromatic carbocycles. The Morgan fingerprint density at radius 2 is 0.811 bits per heavy atom. The predicted octanol–water partition coefficient (Wildman–Crippen LogP) is 12.0. The van der Waals surface area contributed by atoms with Gasteiger partial charge in [-0.1, -0.05) is 170 Å². The highest BCUT2D eigenvalue weighted by atomic mass is 16.1. The van der Waals surface area contributed by atoms with Crippen molar-refractivity contribution in [1.29, 1.82) is 0 Å². The molecule has 0 unspecified atom stereocenters. The molecule has 0 radical (unpaired) electrons. The lowest BCUT2D eigenvalue weighted by Gasteiger charge is -2.36. The molecule has 7 aromatic rings. The van der Waals surface area contributed by atoms with E-state index in [1.807, 2.05) is 0 Å².